The van der Waals surface area contributed by atoms with Gasteiger partial charge in [-0.1, -0.05) is 12.1 Å². The zero-order valence-electron chi connectivity index (χ0n) is 13.7. The number of nitrogens with zero attached hydrogens (tertiary/aromatic N) is 1. The van der Waals surface area contributed by atoms with Crippen LogP contribution in [0.1, 0.15) is 37.5 Å². The molecule has 1 heterocycles. The summed E-state index contributed by atoms with van der Waals surface area (Å²) in [5.74, 6) is -0.270. The molecule has 5 nitrogen and oxygen atoms in total. The van der Waals surface area contributed by atoms with E-state index in [-0.39, 0.29) is 18.4 Å². The Kier molecular flexibility index (Phi) is 6.26. The standard InChI is InChI=1S/C18H21FN2O3/c1-12(2)24-18-8-13(6-7-20-18)11-21-17(23)10-16(22)14-4-3-5-15(19)9-14/h3-9,12,16,22H,10-11H2,1-2H3,(H,21,23). The zero-order chi connectivity index (χ0) is 17.5. The Labute approximate surface area is 140 Å². The second-order valence-corrected chi connectivity index (χ2v) is 5.72. The second kappa shape index (κ2) is 8.40. The number of aliphatic hydroxyl groups excluding tert-OH is 1. The molecule has 0 bridgehead atoms. The lowest BCUT2D eigenvalue weighted by Gasteiger charge is -2.12. The summed E-state index contributed by atoms with van der Waals surface area (Å²) in [7, 11) is 0. The molecule has 0 saturated carbocycles. The largest absolute Gasteiger partial charge is 0.475 e. The average Bonchev–Trinajstić information content (AvgIpc) is 2.52. The van der Waals surface area contributed by atoms with E-state index in [1.807, 2.05) is 13.8 Å². The number of aromatic nitrogens is 1. The van der Waals surface area contributed by atoms with Crippen molar-refractivity contribution in [3.63, 3.8) is 0 Å². The van der Waals surface area contributed by atoms with Crippen LogP contribution < -0.4 is 10.1 Å². The van der Waals surface area contributed by atoms with Crippen molar-refractivity contribution in [2.24, 2.45) is 0 Å². The lowest BCUT2D eigenvalue weighted by molar-refractivity contribution is -0.123. The number of nitrogens with one attached hydrogen (secondary N) is 1. The van der Waals surface area contributed by atoms with E-state index in [9.17, 15) is 14.3 Å². The van der Waals surface area contributed by atoms with E-state index >= 15 is 0 Å². The summed E-state index contributed by atoms with van der Waals surface area (Å²) in [4.78, 5) is 16.0. The fraction of sp³-hybridized carbons (Fsp3) is 0.333. The number of benzene rings is 1. The van der Waals surface area contributed by atoms with E-state index in [1.165, 1.54) is 18.2 Å². The predicted octanol–water partition coefficient (Wildman–Crippen LogP) is 2.75. The van der Waals surface area contributed by atoms with E-state index in [0.717, 1.165) is 5.56 Å². The van der Waals surface area contributed by atoms with E-state index in [1.54, 1.807) is 24.4 Å². The molecule has 0 fully saturated rings. The van der Waals surface area contributed by atoms with Crippen molar-refractivity contribution < 1.29 is 19.0 Å². The molecule has 1 atom stereocenters. The molecule has 2 aromatic rings. The molecule has 1 amide bonds. The Bertz CT molecular complexity index is 691. The second-order valence-electron chi connectivity index (χ2n) is 5.72. The molecule has 0 aliphatic rings. The number of carbonyl (C=O) groups excluding carboxylic acids is 1. The topological polar surface area (TPSA) is 71.5 Å². The van der Waals surface area contributed by atoms with Crippen LogP contribution in [0, 0.1) is 5.82 Å². The number of amides is 1. The first-order chi connectivity index (χ1) is 11.4. The van der Waals surface area contributed by atoms with Crippen LogP contribution in [0.2, 0.25) is 0 Å². The molecule has 1 aromatic heterocycles. The van der Waals surface area contributed by atoms with Gasteiger partial charge in [-0.25, -0.2) is 9.37 Å². The third-order valence-corrected chi connectivity index (χ3v) is 3.26. The van der Waals surface area contributed by atoms with Gasteiger partial charge in [-0.15, -0.1) is 0 Å². The van der Waals surface area contributed by atoms with Crippen LogP contribution in [0.15, 0.2) is 42.6 Å². The predicted molar refractivity (Wildman–Crippen MR) is 87.8 cm³/mol. The van der Waals surface area contributed by atoms with Crippen LogP contribution in [0.25, 0.3) is 0 Å². The monoisotopic (exact) mass is 332 g/mol. The molecule has 1 aromatic carbocycles. The number of hydrogen-bond acceptors (Lipinski definition) is 4. The van der Waals surface area contributed by atoms with Gasteiger partial charge in [0.2, 0.25) is 11.8 Å². The normalized spacial score (nSPS) is 12.0. The summed E-state index contributed by atoms with van der Waals surface area (Å²) in [5, 5.41) is 12.7. The number of halogens is 1. The molecule has 0 radical (unpaired) electrons. The highest BCUT2D eigenvalue weighted by Crippen LogP contribution is 2.17. The summed E-state index contributed by atoms with van der Waals surface area (Å²) in [5.41, 5.74) is 1.22. The molecule has 2 N–H and O–H groups in total. The highest BCUT2D eigenvalue weighted by molar-refractivity contribution is 5.76. The molecule has 0 aliphatic heterocycles. The molecule has 24 heavy (non-hydrogen) atoms. The quantitative estimate of drug-likeness (QED) is 0.818. The minimum absolute atomic E-state index is 0.0174. The molecule has 0 spiro atoms. The Balaban J connectivity index is 1.87. The molecule has 2 rings (SSSR count). The van der Waals surface area contributed by atoms with Crippen LogP contribution in [-0.2, 0) is 11.3 Å². The van der Waals surface area contributed by atoms with Crippen molar-refractivity contribution in [1.82, 2.24) is 10.3 Å². The van der Waals surface area contributed by atoms with Gasteiger partial charge in [-0.3, -0.25) is 4.79 Å². The van der Waals surface area contributed by atoms with Crippen LogP contribution in [-0.4, -0.2) is 22.1 Å². The molecule has 0 aliphatic carbocycles. The van der Waals surface area contributed by atoms with Crippen LogP contribution in [0.3, 0.4) is 0 Å². The molecule has 6 heteroatoms. The van der Waals surface area contributed by atoms with Gasteiger partial charge in [0.25, 0.3) is 0 Å². The smallest absolute Gasteiger partial charge is 0.223 e. The Hall–Kier alpha value is -2.47. The highest BCUT2D eigenvalue weighted by Gasteiger charge is 2.13. The number of pyridine rings is 1. The first-order valence-corrected chi connectivity index (χ1v) is 7.76. The number of hydrogen-bond donors (Lipinski definition) is 2. The molecular formula is C18H21FN2O3. The summed E-state index contributed by atoms with van der Waals surface area (Å²) in [6.07, 6.45) is 0.451. The van der Waals surface area contributed by atoms with Crippen molar-refractivity contribution in [3.05, 3.63) is 59.5 Å². The Morgan fingerprint density at radius 2 is 2.12 bits per heavy atom. The molecular weight excluding hydrogens is 311 g/mol. The fourth-order valence-corrected chi connectivity index (χ4v) is 2.15. The van der Waals surface area contributed by atoms with Gasteiger partial charge in [0, 0.05) is 18.8 Å². The van der Waals surface area contributed by atoms with Crippen molar-refractivity contribution in [2.45, 2.75) is 39.0 Å². The SMILES string of the molecule is CC(C)Oc1cc(CNC(=O)CC(O)c2cccc(F)c2)ccn1. The van der Waals surface area contributed by atoms with Gasteiger partial charge in [-0.05, 0) is 43.2 Å². The van der Waals surface area contributed by atoms with Gasteiger partial charge < -0.3 is 15.2 Å². The summed E-state index contributed by atoms with van der Waals surface area (Å²) in [6.45, 7) is 4.11. The third kappa shape index (κ3) is 5.62. The Morgan fingerprint density at radius 1 is 1.33 bits per heavy atom. The van der Waals surface area contributed by atoms with Crippen LogP contribution in [0.4, 0.5) is 4.39 Å². The number of ether oxygens (including phenoxy) is 1. The van der Waals surface area contributed by atoms with E-state index < -0.39 is 11.9 Å². The minimum atomic E-state index is -1.04. The maximum Gasteiger partial charge on any atom is 0.223 e. The first-order valence-electron chi connectivity index (χ1n) is 7.76. The summed E-state index contributed by atoms with van der Waals surface area (Å²) >= 11 is 0. The Morgan fingerprint density at radius 3 is 2.83 bits per heavy atom. The third-order valence-electron chi connectivity index (χ3n) is 3.26. The zero-order valence-corrected chi connectivity index (χ0v) is 13.7. The number of carbonyl (C=O) groups is 1. The minimum Gasteiger partial charge on any atom is -0.475 e. The van der Waals surface area contributed by atoms with Crippen molar-refractivity contribution in [3.8, 4) is 5.88 Å². The maximum absolute atomic E-state index is 13.1. The van der Waals surface area contributed by atoms with Gasteiger partial charge in [0.1, 0.15) is 5.82 Å². The number of aliphatic hydroxyl groups is 1. The van der Waals surface area contributed by atoms with Gasteiger partial charge in [0.15, 0.2) is 0 Å². The molecule has 128 valence electrons. The lowest BCUT2D eigenvalue weighted by atomic mass is 10.1. The lowest BCUT2D eigenvalue weighted by Crippen LogP contribution is -2.24. The van der Waals surface area contributed by atoms with E-state index in [0.29, 0.717) is 18.0 Å². The summed E-state index contributed by atoms with van der Waals surface area (Å²) in [6, 6.07) is 9.12. The van der Waals surface area contributed by atoms with Crippen LogP contribution >= 0.6 is 0 Å². The number of rotatable bonds is 7. The van der Waals surface area contributed by atoms with Gasteiger partial charge in [-0.2, -0.15) is 0 Å². The van der Waals surface area contributed by atoms with Crippen molar-refractivity contribution in [2.75, 3.05) is 0 Å². The van der Waals surface area contributed by atoms with E-state index in [4.69, 9.17) is 4.74 Å². The van der Waals surface area contributed by atoms with Gasteiger partial charge >= 0.3 is 0 Å². The summed E-state index contributed by atoms with van der Waals surface area (Å²) < 4.78 is 18.6. The van der Waals surface area contributed by atoms with Crippen molar-refractivity contribution >= 4 is 5.91 Å². The molecule has 0 saturated heterocycles. The molecule has 1 unspecified atom stereocenters. The first kappa shape index (κ1) is 17.9. The fourth-order valence-electron chi connectivity index (χ4n) is 2.15. The van der Waals surface area contributed by atoms with Crippen LogP contribution in [0.5, 0.6) is 5.88 Å². The van der Waals surface area contributed by atoms with Crippen molar-refractivity contribution in [1.29, 1.82) is 0 Å². The van der Waals surface area contributed by atoms with Gasteiger partial charge in [0.05, 0.1) is 18.6 Å². The van der Waals surface area contributed by atoms with E-state index in [2.05, 4.69) is 10.3 Å². The average molecular weight is 332 g/mol. The highest BCUT2D eigenvalue weighted by atomic mass is 19.1. The maximum atomic E-state index is 13.1.